The van der Waals surface area contributed by atoms with Crippen molar-refractivity contribution >= 4 is 49.9 Å². The molecule has 7 heteroatoms. The Labute approximate surface area is 201 Å². The SMILES string of the molecule is CCn1c2ccc(/C(=N/OC(C)=O)c3ccccc3C)cc2c2cc([N+](=O)[O-])c3ccccc3c21. The molecule has 0 atom stereocenters. The number of hydrogen-bond acceptors (Lipinski definition) is 5. The molecule has 0 spiro atoms. The van der Waals surface area contributed by atoms with Gasteiger partial charge in [0.05, 0.1) is 15.8 Å². The van der Waals surface area contributed by atoms with Crippen LogP contribution in [0.4, 0.5) is 5.69 Å². The summed E-state index contributed by atoms with van der Waals surface area (Å²) in [6.45, 7) is 6.04. The fourth-order valence-corrected chi connectivity index (χ4v) is 4.78. The van der Waals surface area contributed by atoms with E-state index < -0.39 is 5.97 Å². The molecule has 4 aromatic carbocycles. The summed E-state index contributed by atoms with van der Waals surface area (Å²) in [5.41, 5.74) is 5.08. The fourth-order valence-electron chi connectivity index (χ4n) is 4.78. The number of nitrogens with zero attached hydrogens (tertiary/aromatic N) is 3. The van der Waals surface area contributed by atoms with Gasteiger partial charge in [0.25, 0.3) is 5.69 Å². The number of non-ortho nitro benzene ring substituents is 1. The van der Waals surface area contributed by atoms with Crippen LogP contribution in [0.3, 0.4) is 0 Å². The first kappa shape index (κ1) is 22.3. The van der Waals surface area contributed by atoms with Gasteiger partial charge >= 0.3 is 5.97 Å². The van der Waals surface area contributed by atoms with E-state index in [0.717, 1.165) is 43.9 Å². The lowest BCUT2D eigenvalue weighted by Gasteiger charge is -2.10. The summed E-state index contributed by atoms with van der Waals surface area (Å²) < 4.78 is 2.18. The second kappa shape index (κ2) is 8.68. The minimum Gasteiger partial charge on any atom is -0.340 e. The number of aromatic nitrogens is 1. The molecule has 0 amide bonds. The molecule has 0 saturated carbocycles. The van der Waals surface area contributed by atoms with Gasteiger partial charge in [0.2, 0.25) is 0 Å². The van der Waals surface area contributed by atoms with Gasteiger partial charge in [-0.25, -0.2) is 4.79 Å². The first-order chi connectivity index (χ1) is 16.9. The van der Waals surface area contributed by atoms with Crippen LogP contribution >= 0.6 is 0 Å². The highest BCUT2D eigenvalue weighted by Gasteiger charge is 2.21. The van der Waals surface area contributed by atoms with Gasteiger partial charge < -0.3 is 9.40 Å². The van der Waals surface area contributed by atoms with Crippen LogP contribution < -0.4 is 0 Å². The van der Waals surface area contributed by atoms with E-state index >= 15 is 0 Å². The molecule has 0 radical (unpaired) electrons. The summed E-state index contributed by atoms with van der Waals surface area (Å²) in [5.74, 6) is -0.512. The first-order valence-corrected chi connectivity index (χ1v) is 11.3. The van der Waals surface area contributed by atoms with Crippen LogP contribution in [-0.4, -0.2) is 21.2 Å². The Morgan fingerprint density at radius 2 is 1.69 bits per heavy atom. The third-order valence-electron chi connectivity index (χ3n) is 6.29. The van der Waals surface area contributed by atoms with E-state index in [1.807, 2.05) is 67.6 Å². The normalized spacial score (nSPS) is 11.9. The molecule has 0 saturated heterocycles. The van der Waals surface area contributed by atoms with E-state index in [1.54, 1.807) is 12.1 Å². The molecule has 1 heterocycles. The first-order valence-electron chi connectivity index (χ1n) is 11.3. The molecule has 0 bridgehead atoms. The highest BCUT2D eigenvalue weighted by Crippen LogP contribution is 2.39. The van der Waals surface area contributed by atoms with Gasteiger partial charge in [0.1, 0.15) is 5.71 Å². The molecule has 174 valence electrons. The Morgan fingerprint density at radius 1 is 0.971 bits per heavy atom. The van der Waals surface area contributed by atoms with Crippen LogP contribution in [0.1, 0.15) is 30.5 Å². The van der Waals surface area contributed by atoms with Gasteiger partial charge in [-0.3, -0.25) is 10.1 Å². The molecule has 0 aliphatic carbocycles. The second-order valence-corrected chi connectivity index (χ2v) is 8.41. The van der Waals surface area contributed by atoms with Crippen LogP contribution in [0.5, 0.6) is 0 Å². The molecule has 0 unspecified atom stereocenters. The zero-order valence-corrected chi connectivity index (χ0v) is 19.6. The molecule has 7 nitrogen and oxygen atoms in total. The number of fused-ring (bicyclic) bond motifs is 5. The highest BCUT2D eigenvalue weighted by molar-refractivity contribution is 6.22. The van der Waals surface area contributed by atoms with E-state index in [2.05, 4.69) is 16.6 Å². The molecular formula is C28H23N3O4. The van der Waals surface area contributed by atoms with Crippen LogP contribution in [0, 0.1) is 17.0 Å². The van der Waals surface area contributed by atoms with Crippen LogP contribution in [0.25, 0.3) is 32.6 Å². The second-order valence-electron chi connectivity index (χ2n) is 8.41. The molecule has 1 aromatic heterocycles. The molecule has 0 fully saturated rings. The smallest absolute Gasteiger partial charge is 0.332 e. The zero-order chi connectivity index (χ0) is 24.7. The maximum Gasteiger partial charge on any atom is 0.332 e. The van der Waals surface area contributed by atoms with Crippen molar-refractivity contribution in [1.29, 1.82) is 0 Å². The molecule has 0 N–H and O–H groups in total. The van der Waals surface area contributed by atoms with Crippen molar-refractivity contribution < 1.29 is 14.6 Å². The van der Waals surface area contributed by atoms with Crippen LogP contribution in [0.2, 0.25) is 0 Å². The Kier molecular flexibility index (Phi) is 5.53. The highest BCUT2D eigenvalue weighted by atomic mass is 16.7. The Hall–Kier alpha value is -4.52. The number of carbonyl (C=O) groups is 1. The molecular weight excluding hydrogens is 442 g/mol. The van der Waals surface area contributed by atoms with E-state index in [9.17, 15) is 14.9 Å². The van der Waals surface area contributed by atoms with Crippen LogP contribution in [-0.2, 0) is 16.2 Å². The summed E-state index contributed by atoms with van der Waals surface area (Å²) in [6, 6.07) is 22.7. The fraction of sp³-hybridized carbons (Fsp3) is 0.143. The van der Waals surface area contributed by atoms with E-state index in [-0.39, 0.29) is 10.6 Å². The van der Waals surface area contributed by atoms with E-state index in [4.69, 9.17) is 4.84 Å². The molecule has 0 aliphatic heterocycles. The topological polar surface area (TPSA) is 86.7 Å². The van der Waals surface area contributed by atoms with Crippen molar-refractivity contribution in [3.05, 3.63) is 99.6 Å². The number of hydrogen-bond donors (Lipinski definition) is 0. The largest absolute Gasteiger partial charge is 0.340 e. The summed E-state index contributed by atoms with van der Waals surface area (Å²) >= 11 is 0. The molecule has 0 aliphatic rings. The van der Waals surface area contributed by atoms with Crippen molar-refractivity contribution in [2.24, 2.45) is 5.16 Å². The van der Waals surface area contributed by atoms with Gasteiger partial charge in [-0.2, -0.15) is 0 Å². The van der Waals surface area contributed by atoms with Crippen molar-refractivity contribution in [1.82, 2.24) is 4.57 Å². The predicted octanol–water partition coefficient (Wildman–Crippen LogP) is 6.50. The van der Waals surface area contributed by atoms with Gasteiger partial charge in [-0.1, -0.05) is 53.7 Å². The molecule has 5 aromatic rings. The minimum atomic E-state index is -0.512. The number of benzene rings is 4. The summed E-state index contributed by atoms with van der Waals surface area (Å²) in [4.78, 5) is 28.2. The number of nitro groups is 1. The maximum absolute atomic E-state index is 11.9. The average Bonchev–Trinajstić information content (AvgIpc) is 3.17. The standard InChI is InChI=1S/C28H23N3O4/c1-4-30-25-14-13-19(27(29-35-18(3)32)20-10-6-5-9-17(20)2)15-23(25)24-16-26(31(33)34)21-11-7-8-12-22(21)28(24)30/h5-16H,4H2,1-3H3/b29-27-. The Morgan fingerprint density at radius 3 is 2.37 bits per heavy atom. The van der Waals surface area contributed by atoms with Gasteiger partial charge in [-0.05, 0) is 37.6 Å². The third kappa shape index (κ3) is 3.71. The lowest BCUT2D eigenvalue weighted by Crippen LogP contribution is -2.08. The Balaban J connectivity index is 1.86. The quantitative estimate of drug-likeness (QED) is 0.128. The minimum absolute atomic E-state index is 0.0707. The maximum atomic E-state index is 11.9. The lowest BCUT2D eigenvalue weighted by atomic mass is 9.96. The number of aryl methyl sites for hydroxylation is 2. The zero-order valence-electron chi connectivity index (χ0n) is 19.6. The number of nitro benzene ring substituents is 1. The monoisotopic (exact) mass is 465 g/mol. The van der Waals surface area contributed by atoms with Gasteiger partial charge in [-0.15, -0.1) is 0 Å². The van der Waals surface area contributed by atoms with Crippen molar-refractivity contribution in [2.75, 3.05) is 0 Å². The van der Waals surface area contributed by atoms with E-state index in [1.165, 1.54) is 6.92 Å². The summed E-state index contributed by atoms with van der Waals surface area (Å²) in [5, 5.41) is 19.3. The number of rotatable bonds is 5. The third-order valence-corrected chi connectivity index (χ3v) is 6.29. The number of oxime groups is 1. The van der Waals surface area contributed by atoms with Crippen molar-refractivity contribution in [3.8, 4) is 0 Å². The van der Waals surface area contributed by atoms with Gasteiger partial charge in [0.15, 0.2) is 0 Å². The van der Waals surface area contributed by atoms with Crippen LogP contribution in [0.15, 0.2) is 78.0 Å². The van der Waals surface area contributed by atoms with Gasteiger partial charge in [0, 0.05) is 52.3 Å². The van der Waals surface area contributed by atoms with Crippen molar-refractivity contribution in [2.45, 2.75) is 27.3 Å². The molecule has 35 heavy (non-hydrogen) atoms. The van der Waals surface area contributed by atoms with E-state index in [0.29, 0.717) is 17.6 Å². The van der Waals surface area contributed by atoms with Crippen molar-refractivity contribution in [3.63, 3.8) is 0 Å². The lowest BCUT2D eigenvalue weighted by molar-refractivity contribution is -0.382. The number of carbonyl (C=O) groups excluding carboxylic acids is 1. The predicted molar refractivity (Wildman–Crippen MR) is 138 cm³/mol. The average molecular weight is 466 g/mol. The Bertz CT molecular complexity index is 1680. The summed E-state index contributed by atoms with van der Waals surface area (Å²) in [7, 11) is 0. The summed E-state index contributed by atoms with van der Waals surface area (Å²) in [6.07, 6.45) is 0. The molecule has 5 rings (SSSR count).